The monoisotopic (exact) mass is 265 g/mol. The van der Waals surface area contributed by atoms with Crippen LogP contribution in [0.3, 0.4) is 0 Å². The van der Waals surface area contributed by atoms with Crippen LogP contribution >= 0.6 is 0 Å². The maximum Gasteiger partial charge on any atom is 0.424 e. The van der Waals surface area contributed by atoms with E-state index in [4.69, 9.17) is 9.84 Å². The van der Waals surface area contributed by atoms with Gasteiger partial charge in [-0.2, -0.15) is 0 Å². The molecule has 1 rings (SSSR count). The van der Waals surface area contributed by atoms with Gasteiger partial charge in [-0.05, 0) is 33.6 Å². The van der Waals surface area contributed by atoms with E-state index in [0.29, 0.717) is 17.1 Å². The van der Waals surface area contributed by atoms with Crippen LogP contribution in [-0.2, 0) is 14.8 Å². The van der Waals surface area contributed by atoms with Gasteiger partial charge in [-0.25, -0.2) is 17.5 Å². The Hall–Kier alpha value is -0.820. The lowest BCUT2D eigenvalue weighted by Crippen LogP contribution is -2.43. The minimum absolute atomic E-state index is 0.256. The standard InChI is InChI=1S/C10H19NO5S/c1-10(2,3)16-9(13)11(6-7-12)17(14,15)8-4-5-8/h8,12H,4-7H2,1-3H3. The summed E-state index contributed by atoms with van der Waals surface area (Å²) >= 11 is 0. The molecule has 0 radical (unpaired) electrons. The Morgan fingerprint density at radius 1 is 1.41 bits per heavy atom. The first-order valence-corrected chi connectivity index (χ1v) is 7.04. The molecule has 0 bridgehead atoms. The number of carbonyl (C=O) groups is 1. The second kappa shape index (κ2) is 4.81. The Morgan fingerprint density at radius 2 is 1.94 bits per heavy atom. The molecule has 1 N–H and O–H groups in total. The molecule has 100 valence electrons. The maximum atomic E-state index is 11.9. The molecule has 7 heteroatoms. The van der Waals surface area contributed by atoms with E-state index in [0.717, 1.165) is 0 Å². The van der Waals surface area contributed by atoms with Gasteiger partial charge in [0, 0.05) is 0 Å². The summed E-state index contributed by atoms with van der Waals surface area (Å²) in [6.45, 7) is 4.31. The van der Waals surface area contributed by atoms with E-state index in [2.05, 4.69) is 0 Å². The number of hydrogen-bond acceptors (Lipinski definition) is 5. The molecule has 6 nitrogen and oxygen atoms in total. The summed E-state index contributed by atoms with van der Waals surface area (Å²) in [7, 11) is -3.66. The fourth-order valence-electron chi connectivity index (χ4n) is 1.27. The fraction of sp³-hybridized carbons (Fsp3) is 0.900. The molecule has 1 amide bonds. The topological polar surface area (TPSA) is 83.9 Å². The van der Waals surface area contributed by atoms with Crippen LogP contribution in [0.5, 0.6) is 0 Å². The van der Waals surface area contributed by atoms with Gasteiger partial charge in [-0.1, -0.05) is 0 Å². The molecule has 0 unspecified atom stereocenters. The van der Waals surface area contributed by atoms with E-state index in [1.807, 2.05) is 0 Å². The Kier molecular flexibility index (Phi) is 4.03. The van der Waals surface area contributed by atoms with Gasteiger partial charge < -0.3 is 9.84 Å². The van der Waals surface area contributed by atoms with Crippen LogP contribution in [0.4, 0.5) is 4.79 Å². The minimum Gasteiger partial charge on any atom is -0.443 e. The minimum atomic E-state index is -3.66. The zero-order chi connectivity index (χ0) is 13.3. The van der Waals surface area contributed by atoms with Crippen molar-refractivity contribution in [2.45, 2.75) is 44.5 Å². The number of sulfonamides is 1. The predicted molar refractivity (Wildman–Crippen MR) is 62.0 cm³/mol. The number of ether oxygens (including phenoxy) is 1. The van der Waals surface area contributed by atoms with Crippen molar-refractivity contribution in [3.05, 3.63) is 0 Å². The van der Waals surface area contributed by atoms with Gasteiger partial charge in [0.25, 0.3) is 0 Å². The van der Waals surface area contributed by atoms with E-state index < -0.39 is 33.6 Å². The van der Waals surface area contributed by atoms with Crippen molar-refractivity contribution in [2.24, 2.45) is 0 Å². The first-order chi connectivity index (χ1) is 7.68. The first-order valence-electron chi connectivity index (χ1n) is 5.54. The van der Waals surface area contributed by atoms with Crippen LogP contribution < -0.4 is 0 Å². The molecule has 0 spiro atoms. The van der Waals surface area contributed by atoms with Gasteiger partial charge in [0.05, 0.1) is 18.4 Å². The summed E-state index contributed by atoms with van der Waals surface area (Å²) in [6, 6.07) is 0. The lowest BCUT2D eigenvalue weighted by molar-refractivity contribution is 0.0370. The van der Waals surface area contributed by atoms with Crippen molar-refractivity contribution < 1.29 is 23.1 Å². The highest BCUT2D eigenvalue weighted by molar-refractivity contribution is 7.90. The Labute approximate surface area is 102 Å². The Balaban J connectivity index is 2.82. The molecular formula is C10H19NO5S. The van der Waals surface area contributed by atoms with Gasteiger partial charge >= 0.3 is 6.09 Å². The molecule has 0 heterocycles. The zero-order valence-electron chi connectivity index (χ0n) is 10.3. The van der Waals surface area contributed by atoms with E-state index in [9.17, 15) is 13.2 Å². The number of aliphatic hydroxyl groups excluding tert-OH is 1. The van der Waals surface area contributed by atoms with Crippen LogP contribution in [0, 0.1) is 0 Å². The highest BCUT2D eigenvalue weighted by Crippen LogP contribution is 2.31. The molecule has 0 aromatic carbocycles. The number of hydrogen-bond donors (Lipinski definition) is 1. The van der Waals surface area contributed by atoms with Gasteiger partial charge in [0.2, 0.25) is 10.0 Å². The second-order valence-electron chi connectivity index (χ2n) is 5.02. The van der Waals surface area contributed by atoms with Crippen molar-refractivity contribution in [1.82, 2.24) is 4.31 Å². The van der Waals surface area contributed by atoms with Crippen molar-refractivity contribution >= 4 is 16.1 Å². The van der Waals surface area contributed by atoms with E-state index in [1.54, 1.807) is 20.8 Å². The van der Waals surface area contributed by atoms with Crippen molar-refractivity contribution in [3.8, 4) is 0 Å². The molecule has 0 atom stereocenters. The maximum absolute atomic E-state index is 11.9. The summed E-state index contributed by atoms with van der Waals surface area (Å²) in [6.07, 6.45) is 0.207. The SMILES string of the molecule is CC(C)(C)OC(=O)N(CCO)S(=O)(=O)C1CC1. The molecule has 1 aliphatic rings. The quantitative estimate of drug-likeness (QED) is 0.809. The molecular weight excluding hydrogens is 246 g/mol. The first kappa shape index (κ1) is 14.2. The summed E-state index contributed by atoms with van der Waals surface area (Å²) in [4.78, 5) is 11.7. The average Bonchev–Trinajstić information content (AvgIpc) is 2.93. The molecule has 17 heavy (non-hydrogen) atoms. The molecule has 0 aromatic rings. The largest absolute Gasteiger partial charge is 0.443 e. The predicted octanol–water partition coefficient (Wildman–Crippen LogP) is 0.708. The number of aliphatic hydroxyl groups is 1. The normalized spacial score (nSPS) is 16.7. The van der Waals surface area contributed by atoms with Gasteiger partial charge in [-0.15, -0.1) is 0 Å². The highest BCUT2D eigenvalue weighted by Gasteiger charge is 2.43. The van der Waals surface area contributed by atoms with Crippen molar-refractivity contribution in [2.75, 3.05) is 13.2 Å². The number of carbonyl (C=O) groups excluding carboxylic acids is 1. The van der Waals surface area contributed by atoms with Crippen LogP contribution in [-0.4, -0.2) is 47.9 Å². The summed E-state index contributed by atoms with van der Waals surface area (Å²) in [5.41, 5.74) is -0.760. The second-order valence-corrected chi connectivity index (χ2v) is 7.16. The Morgan fingerprint density at radius 3 is 2.29 bits per heavy atom. The third-order valence-electron chi connectivity index (χ3n) is 2.15. The van der Waals surface area contributed by atoms with E-state index >= 15 is 0 Å². The van der Waals surface area contributed by atoms with Gasteiger partial charge in [0.1, 0.15) is 5.60 Å². The van der Waals surface area contributed by atoms with Crippen molar-refractivity contribution in [1.29, 1.82) is 0 Å². The highest BCUT2D eigenvalue weighted by atomic mass is 32.2. The zero-order valence-corrected chi connectivity index (χ0v) is 11.2. The smallest absolute Gasteiger partial charge is 0.424 e. The van der Waals surface area contributed by atoms with Gasteiger partial charge in [-0.3, -0.25) is 0 Å². The summed E-state index contributed by atoms with van der Waals surface area (Å²) < 4.78 is 29.5. The summed E-state index contributed by atoms with van der Waals surface area (Å²) in [5.74, 6) is 0. The average molecular weight is 265 g/mol. The van der Waals surface area contributed by atoms with Crippen LogP contribution in [0.15, 0.2) is 0 Å². The number of nitrogens with zero attached hydrogens (tertiary/aromatic N) is 1. The molecule has 1 fully saturated rings. The molecule has 0 aromatic heterocycles. The van der Waals surface area contributed by atoms with Crippen LogP contribution in [0.2, 0.25) is 0 Å². The number of rotatable bonds is 4. The van der Waals surface area contributed by atoms with Crippen molar-refractivity contribution in [3.63, 3.8) is 0 Å². The number of amides is 1. The van der Waals surface area contributed by atoms with Gasteiger partial charge in [0.15, 0.2) is 0 Å². The molecule has 0 saturated heterocycles. The molecule has 1 saturated carbocycles. The third kappa shape index (κ3) is 3.85. The summed E-state index contributed by atoms with van der Waals surface area (Å²) in [5, 5.41) is 8.34. The lowest BCUT2D eigenvalue weighted by Gasteiger charge is -2.26. The molecule has 0 aliphatic heterocycles. The van der Waals surface area contributed by atoms with E-state index in [-0.39, 0.29) is 6.54 Å². The molecule has 1 aliphatic carbocycles. The lowest BCUT2D eigenvalue weighted by atomic mass is 10.2. The van der Waals surface area contributed by atoms with Crippen LogP contribution in [0.25, 0.3) is 0 Å². The van der Waals surface area contributed by atoms with E-state index in [1.165, 1.54) is 0 Å². The Bertz CT molecular complexity index is 380. The third-order valence-corrected chi connectivity index (χ3v) is 4.41. The fourth-order valence-corrected chi connectivity index (χ4v) is 2.94. The van der Waals surface area contributed by atoms with Crippen LogP contribution in [0.1, 0.15) is 33.6 Å².